The Kier molecular flexibility index (Phi) is 15.0. The van der Waals surface area contributed by atoms with Crippen molar-refractivity contribution in [3.05, 3.63) is 24.7 Å². The fourth-order valence-electron chi connectivity index (χ4n) is 2.24. The number of ether oxygens (including phenoxy) is 1. The third-order valence-corrected chi connectivity index (χ3v) is 3.83. The Morgan fingerprint density at radius 3 is 1.38 bits per heavy atom. The van der Waals surface area contributed by atoms with Gasteiger partial charge in [0, 0.05) is 0 Å². The molecule has 0 spiro atoms. The summed E-state index contributed by atoms with van der Waals surface area (Å²) < 4.78 is 5.36. The van der Waals surface area contributed by atoms with Gasteiger partial charge >= 0.3 is 0 Å². The molecule has 0 aliphatic rings. The first-order valence-electron chi connectivity index (χ1n) is 8.68. The van der Waals surface area contributed by atoms with Crippen LogP contribution in [-0.2, 0) is 4.74 Å². The molecule has 0 aromatic rings. The predicted molar refractivity (Wildman–Crippen MR) is 93.4 cm³/mol. The lowest BCUT2D eigenvalue weighted by Gasteiger charge is -2.16. The van der Waals surface area contributed by atoms with Gasteiger partial charge in [-0.25, -0.2) is 0 Å². The van der Waals surface area contributed by atoms with Crippen LogP contribution in [0.1, 0.15) is 53.4 Å². The quantitative estimate of drug-likeness (QED) is 0.351. The van der Waals surface area contributed by atoms with Gasteiger partial charge in [-0.05, 0) is 77.1 Å². The molecule has 0 amide bonds. The molecule has 124 valence electrons. The second-order valence-corrected chi connectivity index (χ2v) is 5.22. The summed E-state index contributed by atoms with van der Waals surface area (Å²) in [6, 6.07) is 0. The van der Waals surface area contributed by atoms with Crippen LogP contribution in [0.2, 0.25) is 0 Å². The van der Waals surface area contributed by atoms with Crippen LogP contribution in [0.5, 0.6) is 0 Å². The predicted octanol–water partition coefficient (Wildman–Crippen LogP) is 4.27. The minimum Gasteiger partial charge on any atom is -0.473 e. The first-order chi connectivity index (χ1) is 10.3. The summed E-state index contributed by atoms with van der Waals surface area (Å²) in [5, 5.41) is 0. The van der Waals surface area contributed by atoms with E-state index in [0.29, 0.717) is 0 Å². The molecule has 0 bridgehead atoms. The second kappa shape index (κ2) is 15.6. The average Bonchev–Trinajstić information content (AvgIpc) is 2.52. The molecule has 0 N–H and O–H groups in total. The number of hydrogen-bond acceptors (Lipinski definition) is 3. The Balaban J connectivity index is 3.44. The molecule has 0 radical (unpaired) electrons. The van der Waals surface area contributed by atoms with Crippen LogP contribution < -0.4 is 0 Å². The summed E-state index contributed by atoms with van der Waals surface area (Å²) in [6.07, 6.45) is 12.4. The highest BCUT2D eigenvalue weighted by atomic mass is 16.5. The van der Waals surface area contributed by atoms with E-state index >= 15 is 0 Å². The summed E-state index contributed by atoms with van der Waals surface area (Å²) in [6.45, 7) is 15.8. The number of unbranched alkanes of at least 4 members (excludes halogenated alkanes) is 2. The van der Waals surface area contributed by atoms with Gasteiger partial charge in [-0.15, -0.1) is 0 Å². The second-order valence-electron chi connectivity index (χ2n) is 5.22. The number of allylic oxidation sites excluding steroid dienone is 2. The van der Waals surface area contributed by atoms with E-state index in [4.69, 9.17) is 4.74 Å². The van der Waals surface area contributed by atoms with E-state index in [1.807, 2.05) is 12.5 Å². The van der Waals surface area contributed by atoms with Crippen LogP contribution in [-0.4, -0.2) is 49.1 Å². The van der Waals surface area contributed by atoms with Crippen molar-refractivity contribution in [1.82, 2.24) is 9.80 Å². The van der Waals surface area contributed by atoms with E-state index in [1.165, 1.54) is 25.9 Å². The molecule has 0 aliphatic heterocycles. The number of rotatable bonds is 14. The first kappa shape index (κ1) is 20.2. The van der Waals surface area contributed by atoms with Gasteiger partial charge in [0.2, 0.25) is 0 Å². The van der Waals surface area contributed by atoms with E-state index in [9.17, 15) is 0 Å². The molecule has 0 aromatic heterocycles. The maximum absolute atomic E-state index is 5.36. The van der Waals surface area contributed by atoms with Crippen molar-refractivity contribution in [3.8, 4) is 0 Å². The average molecular weight is 296 g/mol. The SMILES string of the molecule is CCN(CC)CCCC=COC=CCCCN(CC)CC. The van der Waals surface area contributed by atoms with Crippen LogP contribution in [0.25, 0.3) is 0 Å². The zero-order chi connectivity index (χ0) is 15.8. The smallest absolute Gasteiger partial charge is 0.0861 e. The molecule has 3 nitrogen and oxygen atoms in total. The van der Waals surface area contributed by atoms with Crippen molar-refractivity contribution >= 4 is 0 Å². The zero-order valence-electron chi connectivity index (χ0n) is 14.7. The lowest BCUT2D eigenvalue weighted by atomic mass is 10.3. The highest BCUT2D eigenvalue weighted by Gasteiger charge is 1.96. The molecule has 0 rings (SSSR count). The summed E-state index contributed by atoms with van der Waals surface area (Å²) in [5.74, 6) is 0. The Hall–Kier alpha value is -0.800. The molecule has 0 fully saturated rings. The van der Waals surface area contributed by atoms with E-state index in [2.05, 4.69) is 49.6 Å². The molecule has 21 heavy (non-hydrogen) atoms. The van der Waals surface area contributed by atoms with Crippen molar-refractivity contribution in [2.75, 3.05) is 39.3 Å². The third-order valence-electron chi connectivity index (χ3n) is 3.83. The van der Waals surface area contributed by atoms with Crippen LogP contribution in [0.4, 0.5) is 0 Å². The Labute approximate surface area is 132 Å². The van der Waals surface area contributed by atoms with E-state index in [1.54, 1.807) is 0 Å². The van der Waals surface area contributed by atoms with Gasteiger partial charge in [0.25, 0.3) is 0 Å². The van der Waals surface area contributed by atoms with E-state index in [-0.39, 0.29) is 0 Å². The Morgan fingerprint density at radius 2 is 1.05 bits per heavy atom. The normalized spacial score (nSPS) is 12.3. The van der Waals surface area contributed by atoms with Gasteiger partial charge in [0.05, 0.1) is 12.5 Å². The molecule has 3 heteroatoms. The minimum atomic E-state index is 1.09. The van der Waals surface area contributed by atoms with E-state index < -0.39 is 0 Å². The lowest BCUT2D eigenvalue weighted by Crippen LogP contribution is -2.23. The summed E-state index contributed by atoms with van der Waals surface area (Å²) in [7, 11) is 0. The molecular weight excluding hydrogens is 260 g/mol. The topological polar surface area (TPSA) is 15.7 Å². The maximum atomic E-state index is 5.36. The van der Waals surface area contributed by atoms with Crippen LogP contribution in [0.15, 0.2) is 24.7 Å². The highest BCUT2D eigenvalue weighted by Crippen LogP contribution is 1.98. The van der Waals surface area contributed by atoms with Gasteiger partial charge < -0.3 is 14.5 Å². The lowest BCUT2D eigenvalue weighted by molar-refractivity contribution is 0.299. The first-order valence-corrected chi connectivity index (χ1v) is 8.68. The number of nitrogens with zero attached hydrogens (tertiary/aromatic N) is 2. The molecule has 0 aliphatic carbocycles. The maximum Gasteiger partial charge on any atom is 0.0861 e. The molecule has 0 aromatic carbocycles. The standard InChI is InChI=1S/C18H36N2O/c1-5-19(6-2)15-11-9-13-17-21-18-14-10-12-16-20(7-3)8-4/h13-14,17-18H,5-12,15-16H2,1-4H3. The van der Waals surface area contributed by atoms with Gasteiger partial charge in [-0.3, -0.25) is 0 Å². The molecule has 0 atom stereocenters. The van der Waals surface area contributed by atoms with Gasteiger partial charge in [0.1, 0.15) is 0 Å². The molecule has 0 heterocycles. The fourth-order valence-corrected chi connectivity index (χ4v) is 2.24. The van der Waals surface area contributed by atoms with Crippen LogP contribution in [0, 0.1) is 0 Å². The van der Waals surface area contributed by atoms with Crippen LogP contribution in [0.3, 0.4) is 0 Å². The van der Waals surface area contributed by atoms with Crippen molar-refractivity contribution in [2.24, 2.45) is 0 Å². The Bertz CT molecular complexity index is 230. The molecule has 0 unspecified atom stereocenters. The Morgan fingerprint density at radius 1 is 0.667 bits per heavy atom. The summed E-state index contributed by atoms with van der Waals surface area (Å²) in [5.41, 5.74) is 0. The summed E-state index contributed by atoms with van der Waals surface area (Å²) in [4.78, 5) is 4.90. The van der Waals surface area contributed by atoms with Crippen LogP contribution >= 0.6 is 0 Å². The largest absolute Gasteiger partial charge is 0.473 e. The van der Waals surface area contributed by atoms with Gasteiger partial charge in [0.15, 0.2) is 0 Å². The highest BCUT2D eigenvalue weighted by molar-refractivity contribution is 4.80. The summed E-state index contributed by atoms with van der Waals surface area (Å²) >= 11 is 0. The minimum absolute atomic E-state index is 1.09. The fraction of sp³-hybridized carbons (Fsp3) is 0.778. The van der Waals surface area contributed by atoms with Crippen molar-refractivity contribution in [1.29, 1.82) is 0 Å². The van der Waals surface area contributed by atoms with Gasteiger partial charge in [-0.2, -0.15) is 0 Å². The molecule has 0 saturated heterocycles. The number of hydrogen-bond donors (Lipinski definition) is 0. The zero-order valence-corrected chi connectivity index (χ0v) is 14.7. The van der Waals surface area contributed by atoms with Crippen molar-refractivity contribution in [3.63, 3.8) is 0 Å². The van der Waals surface area contributed by atoms with Gasteiger partial charge in [-0.1, -0.05) is 27.7 Å². The molecule has 0 saturated carbocycles. The van der Waals surface area contributed by atoms with Crippen molar-refractivity contribution < 1.29 is 4.74 Å². The molecular formula is C18H36N2O. The monoisotopic (exact) mass is 296 g/mol. The third kappa shape index (κ3) is 12.6. The van der Waals surface area contributed by atoms with E-state index in [0.717, 1.165) is 39.0 Å². The van der Waals surface area contributed by atoms with Crippen molar-refractivity contribution in [2.45, 2.75) is 53.4 Å².